The molecule has 0 spiro atoms. The van der Waals surface area contributed by atoms with Crippen molar-refractivity contribution in [3.05, 3.63) is 66.0 Å². The largest absolute Gasteiger partial charge is 0.466 e. The zero-order chi connectivity index (χ0) is 22.8. The number of nitriles is 1. The number of amides is 1. The number of nitrogens with zero attached hydrogens (tertiary/aromatic N) is 5. The number of rotatable bonds is 10. The lowest BCUT2D eigenvalue weighted by Crippen LogP contribution is -2.39. The molecule has 3 aromatic rings. The first-order valence-electron chi connectivity index (χ1n) is 10.3. The molecule has 0 saturated heterocycles. The molecule has 1 amide bonds. The van der Waals surface area contributed by atoms with Gasteiger partial charge >= 0.3 is 5.97 Å². The highest BCUT2D eigenvalue weighted by Gasteiger charge is 2.22. The van der Waals surface area contributed by atoms with Gasteiger partial charge in [0, 0.05) is 6.04 Å². The van der Waals surface area contributed by atoms with Crippen LogP contribution in [0.15, 0.2) is 54.6 Å². The molecular weight excluding hydrogens is 408 g/mol. The summed E-state index contributed by atoms with van der Waals surface area (Å²) in [7, 11) is 0. The molecule has 164 valence electrons. The van der Waals surface area contributed by atoms with E-state index >= 15 is 0 Å². The van der Waals surface area contributed by atoms with Crippen molar-refractivity contribution in [2.24, 2.45) is 0 Å². The fourth-order valence-electron chi connectivity index (χ4n) is 3.27. The van der Waals surface area contributed by atoms with Crippen molar-refractivity contribution in [1.29, 1.82) is 5.26 Å². The van der Waals surface area contributed by atoms with E-state index in [2.05, 4.69) is 20.8 Å². The topological polar surface area (TPSA) is 123 Å². The van der Waals surface area contributed by atoms with Crippen LogP contribution in [-0.4, -0.2) is 44.7 Å². The lowest BCUT2D eigenvalue weighted by atomic mass is 9.99. The Labute approximate surface area is 186 Å². The molecule has 9 nitrogen and oxygen atoms in total. The summed E-state index contributed by atoms with van der Waals surface area (Å²) >= 11 is 0. The van der Waals surface area contributed by atoms with E-state index in [1.807, 2.05) is 60.7 Å². The van der Waals surface area contributed by atoms with Crippen molar-refractivity contribution in [2.75, 3.05) is 6.61 Å². The van der Waals surface area contributed by atoms with Crippen LogP contribution in [0.25, 0.3) is 11.1 Å². The fourth-order valence-corrected chi connectivity index (χ4v) is 3.27. The second kappa shape index (κ2) is 11.4. The number of hydrogen-bond acceptors (Lipinski definition) is 7. The number of carbonyl (C=O) groups is 2. The van der Waals surface area contributed by atoms with Gasteiger partial charge in [0.2, 0.25) is 5.82 Å². The predicted octanol–water partition coefficient (Wildman–Crippen LogP) is 2.55. The molecule has 1 aromatic heterocycles. The van der Waals surface area contributed by atoms with Gasteiger partial charge in [0.05, 0.1) is 32.1 Å². The van der Waals surface area contributed by atoms with Gasteiger partial charge in [-0.1, -0.05) is 54.6 Å². The number of ether oxygens (including phenoxy) is 1. The summed E-state index contributed by atoms with van der Waals surface area (Å²) < 4.78 is 6.34. The third-order valence-electron chi connectivity index (χ3n) is 4.77. The Morgan fingerprint density at radius 2 is 1.84 bits per heavy atom. The number of esters is 1. The Balaban J connectivity index is 1.73. The Bertz CT molecular complexity index is 1070. The number of aromatic nitrogens is 4. The molecule has 3 rings (SSSR count). The summed E-state index contributed by atoms with van der Waals surface area (Å²) in [6.07, 6.45) is 0.616. The zero-order valence-electron chi connectivity index (χ0n) is 17.8. The first-order valence-corrected chi connectivity index (χ1v) is 10.3. The van der Waals surface area contributed by atoms with Crippen molar-refractivity contribution in [3.8, 4) is 17.2 Å². The summed E-state index contributed by atoms with van der Waals surface area (Å²) in [5, 5.41) is 22.6. The fraction of sp³-hybridized carbons (Fsp3) is 0.304. The van der Waals surface area contributed by atoms with E-state index in [4.69, 9.17) is 10.00 Å². The van der Waals surface area contributed by atoms with Crippen LogP contribution in [0.1, 0.15) is 35.9 Å². The molecule has 32 heavy (non-hydrogen) atoms. The van der Waals surface area contributed by atoms with Crippen LogP contribution in [0.2, 0.25) is 0 Å². The van der Waals surface area contributed by atoms with Crippen LogP contribution in [0, 0.1) is 11.3 Å². The van der Waals surface area contributed by atoms with E-state index in [0.29, 0.717) is 6.42 Å². The summed E-state index contributed by atoms with van der Waals surface area (Å²) in [4.78, 5) is 24.9. The Morgan fingerprint density at radius 1 is 1.12 bits per heavy atom. The highest BCUT2D eigenvalue weighted by molar-refractivity contribution is 5.91. The van der Waals surface area contributed by atoms with E-state index in [9.17, 15) is 9.59 Å². The van der Waals surface area contributed by atoms with Gasteiger partial charge < -0.3 is 10.1 Å². The first kappa shape index (κ1) is 22.6. The monoisotopic (exact) mass is 432 g/mol. The van der Waals surface area contributed by atoms with Crippen LogP contribution in [0.3, 0.4) is 0 Å². The van der Waals surface area contributed by atoms with Crippen LogP contribution >= 0.6 is 0 Å². The Morgan fingerprint density at radius 3 is 2.53 bits per heavy atom. The van der Waals surface area contributed by atoms with Crippen molar-refractivity contribution in [3.63, 3.8) is 0 Å². The summed E-state index contributed by atoms with van der Waals surface area (Å²) in [5.41, 5.74) is 3.15. The number of carbonyl (C=O) groups excluding carboxylic acids is 2. The molecule has 1 atom stereocenters. The molecule has 9 heteroatoms. The van der Waals surface area contributed by atoms with E-state index in [1.165, 1.54) is 4.68 Å². The van der Waals surface area contributed by atoms with Gasteiger partial charge in [0.1, 0.15) is 0 Å². The molecule has 0 saturated carbocycles. The maximum Gasteiger partial charge on any atom is 0.307 e. The second-order valence-corrected chi connectivity index (χ2v) is 7.08. The molecule has 1 heterocycles. The van der Waals surface area contributed by atoms with Crippen molar-refractivity contribution < 1.29 is 14.3 Å². The molecule has 0 aliphatic rings. The minimum atomic E-state index is -0.511. The standard InChI is InChI=1S/C23H24N6O3/c1-2-32-21(30)16-20(25-23(31)22-26-27-28-29(22)14-6-13-24)15-17-9-11-19(12-10-17)18-7-4-3-5-8-18/h3-5,7-12,20H,2,6,14-16H2,1H3,(H,25,31)/t20-/m1/s1. The highest BCUT2D eigenvalue weighted by atomic mass is 16.5. The van der Waals surface area contributed by atoms with E-state index in [0.717, 1.165) is 16.7 Å². The molecule has 0 aliphatic carbocycles. The summed E-state index contributed by atoms with van der Waals surface area (Å²) in [5.74, 6) is -0.917. The number of nitrogens with one attached hydrogen (secondary N) is 1. The maximum atomic E-state index is 12.8. The van der Waals surface area contributed by atoms with Crippen LogP contribution in [-0.2, 0) is 22.5 Å². The molecule has 0 unspecified atom stereocenters. The predicted molar refractivity (Wildman–Crippen MR) is 116 cm³/mol. The maximum absolute atomic E-state index is 12.8. The highest BCUT2D eigenvalue weighted by Crippen LogP contribution is 2.20. The number of hydrogen-bond donors (Lipinski definition) is 1. The third kappa shape index (κ3) is 6.22. The lowest BCUT2D eigenvalue weighted by molar-refractivity contribution is -0.143. The Hall–Kier alpha value is -4.06. The van der Waals surface area contributed by atoms with Gasteiger partial charge in [-0.3, -0.25) is 9.59 Å². The number of aryl methyl sites for hydroxylation is 1. The van der Waals surface area contributed by atoms with Crippen LogP contribution < -0.4 is 5.32 Å². The number of tetrazole rings is 1. The average molecular weight is 432 g/mol. The molecule has 0 radical (unpaired) electrons. The molecular formula is C23H24N6O3. The molecule has 0 fully saturated rings. The molecule has 0 bridgehead atoms. The van der Waals surface area contributed by atoms with Crippen LogP contribution in [0.5, 0.6) is 0 Å². The molecule has 1 N–H and O–H groups in total. The summed E-state index contributed by atoms with van der Waals surface area (Å²) in [6, 6.07) is 19.5. The lowest BCUT2D eigenvalue weighted by Gasteiger charge is -2.18. The van der Waals surface area contributed by atoms with Gasteiger partial charge in [-0.15, -0.1) is 5.10 Å². The van der Waals surface area contributed by atoms with Gasteiger partial charge in [-0.05, 0) is 40.5 Å². The average Bonchev–Trinajstić information content (AvgIpc) is 3.27. The van der Waals surface area contributed by atoms with Crippen LogP contribution in [0.4, 0.5) is 0 Å². The summed E-state index contributed by atoms with van der Waals surface area (Å²) in [6.45, 7) is 2.20. The van der Waals surface area contributed by atoms with Crippen molar-refractivity contribution in [2.45, 2.75) is 38.8 Å². The third-order valence-corrected chi connectivity index (χ3v) is 4.77. The van der Waals surface area contributed by atoms with Gasteiger partial charge in [-0.2, -0.15) is 5.26 Å². The van der Waals surface area contributed by atoms with E-state index in [1.54, 1.807) is 6.92 Å². The van der Waals surface area contributed by atoms with Crippen molar-refractivity contribution in [1.82, 2.24) is 25.5 Å². The van der Waals surface area contributed by atoms with E-state index < -0.39 is 17.9 Å². The minimum Gasteiger partial charge on any atom is -0.466 e. The first-order chi connectivity index (χ1) is 15.6. The second-order valence-electron chi connectivity index (χ2n) is 7.08. The minimum absolute atomic E-state index is 0.00599. The quantitative estimate of drug-likeness (QED) is 0.488. The van der Waals surface area contributed by atoms with E-state index in [-0.39, 0.29) is 31.8 Å². The smallest absolute Gasteiger partial charge is 0.307 e. The van der Waals surface area contributed by atoms with Gasteiger partial charge in [0.15, 0.2) is 0 Å². The number of benzene rings is 2. The molecule has 2 aromatic carbocycles. The van der Waals surface area contributed by atoms with Gasteiger partial charge in [-0.25, -0.2) is 4.68 Å². The molecule has 0 aliphatic heterocycles. The zero-order valence-corrected chi connectivity index (χ0v) is 17.8. The normalized spacial score (nSPS) is 11.4. The van der Waals surface area contributed by atoms with Crippen molar-refractivity contribution >= 4 is 11.9 Å². The Kier molecular flexibility index (Phi) is 8.03. The SMILES string of the molecule is CCOC(=O)C[C@@H](Cc1ccc(-c2ccccc2)cc1)NC(=O)c1nnnn1CCC#N. The van der Waals surface area contributed by atoms with Gasteiger partial charge in [0.25, 0.3) is 5.91 Å².